The van der Waals surface area contributed by atoms with Gasteiger partial charge in [-0.05, 0) is 16.8 Å². The van der Waals surface area contributed by atoms with Gasteiger partial charge in [0.25, 0.3) is 0 Å². The third-order valence-electron chi connectivity index (χ3n) is 2.52. The Bertz CT molecular complexity index is 597. The maximum Gasteiger partial charge on any atom is 0.336 e. The van der Waals surface area contributed by atoms with Crippen molar-refractivity contribution >= 4 is 28.5 Å². The highest BCUT2D eigenvalue weighted by Gasteiger charge is 2.20. The number of thioether (sulfide) groups is 1. The van der Waals surface area contributed by atoms with Crippen molar-refractivity contribution in [2.24, 2.45) is 0 Å². The zero-order valence-electron chi connectivity index (χ0n) is 10.7. The third kappa shape index (κ3) is 2.67. The summed E-state index contributed by atoms with van der Waals surface area (Å²) < 4.78 is -0.0195. The molecule has 0 fully saturated rings. The van der Waals surface area contributed by atoms with E-state index in [1.807, 2.05) is 30.3 Å². The maximum atomic E-state index is 11.3. The molecule has 2 aromatic rings. The van der Waals surface area contributed by atoms with Crippen molar-refractivity contribution in [1.82, 2.24) is 0 Å². The first kappa shape index (κ1) is 13.0. The second kappa shape index (κ2) is 4.65. The van der Waals surface area contributed by atoms with Crippen LogP contribution in [0.5, 0.6) is 0 Å². The maximum absolute atomic E-state index is 11.3. The van der Waals surface area contributed by atoms with Crippen molar-refractivity contribution < 1.29 is 9.90 Å². The summed E-state index contributed by atoms with van der Waals surface area (Å²) in [5.41, 5.74) is 0.383. The van der Waals surface area contributed by atoms with Crippen molar-refractivity contribution in [3.63, 3.8) is 0 Å². The predicted molar refractivity (Wildman–Crippen MR) is 76.5 cm³/mol. The monoisotopic (exact) mass is 260 g/mol. The Kier molecular flexibility index (Phi) is 3.35. The fraction of sp³-hybridized carbons (Fsp3) is 0.267. The molecule has 0 aromatic heterocycles. The molecule has 2 rings (SSSR count). The molecule has 0 saturated carbocycles. The van der Waals surface area contributed by atoms with Gasteiger partial charge in [-0.1, -0.05) is 51.1 Å². The van der Waals surface area contributed by atoms with Crippen LogP contribution >= 0.6 is 11.8 Å². The molecular formula is C15H16O2S. The molecule has 0 bridgehead atoms. The van der Waals surface area contributed by atoms with Gasteiger partial charge in [0.05, 0.1) is 5.56 Å². The highest BCUT2D eigenvalue weighted by molar-refractivity contribution is 8.00. The summed E-state index contributed by atoms with van der Waals surface area (Å²) in [5.74, 6) is -0.868. The van der Waals surface area contributed by atoms with Crippen LogP contribution in [0.1, 0.15) is 31.1 Å². The molecule has 1 N–H and O–H groups in total. The molecule has 2 aromatic carbocycles. The van der Waals surface area contributed by atoms with Crippen LogP contribution in [-0.2, 0) is 0 Å². The van der Waals surface area contributed by atoms with Crippen molar-refractivity contribution in [2.45, 2.75) is 30.4 Å². The lowest BCUT2D eigenvalue weighted by molar-refractivity contribution is 0.0693. The Hall–Kier alpha value is -1.48. The lowest BCUT2D eigenvalue weighted by Crippen LogP contribution is -2.09. The van der Waals surface area contributed by atoms with Crippen LogP contribution < -0.4 is 0 Å². The van der Waals surface area contributed by atoms with Gasteiger partial charge in [-0.2, -0.15) is 0 Å². The van der Waals surface area contributed by atoms with Gasteiger partial charge >= 0.3 is 5.97 Å². The number of carbonyl (C=O) groups is 1. The van der Waals surface area contributed by atoms with E-state index >= 15 is 0 Å². The summed E-state index contributed by atoms with van der Waals surface area (Å²) in [5, 5.41) is 11.4. The molecule has 0 atom stereocenters. The van der Waals surface area contributed by atoms with Gasteiger partial charge in [0.1, 0.15) is 0 Å². The molecule has 0 aliphatic heterocycles. The minimum atomic E-state index is -0.868. The molecule has 0 amide bonds. The standard InChI is InChI=1S/C15H16O2S/c1-15(2,3)18-13-11-7-5-4-6-10(11)8-9-12(13)14(16)17/h4-9H,1-3H3,(H,16,17). The number of aromatic carboxylic acids is 1. The van der Waals surface area contributed by atoms with Gasteiger partial charge in [-0.25, -0.2) is 4.79 Å². The Morgan fingerprint density at radius 2 is 1.78 bits per heavy atom. The second-order valence-electron chi connectivity index (χ2n) is 5.18. The lowest BCUT2D eigenvalue weighted by Gasteiger charge is -2.20. The van der Waals surface area contributed by atoms with Crippen LogP contribution in [0.15, 0.2) is 41.3 Å². The highest BCUT2D eigenvalue weighted by Crippen LogP contribution is 2.38. The number of benzene rings is 2. The van der Waals surface area contributed by atoms with Crippen LogP contribution in [0, 0.1) is 0 Å². The lowest BCUT2D eigenvalue weighted by atomic mass is 10.1. The largest absolute Gasteiger partial charge is 0.478 e. The van der Waals surface area contributed by atoms with Gasteiger partial charge in [0, 0.05) is 9.64 Å². The Morgan fingerprint density at radius 3 is 2.39 bits per heavy atom. The molecular weight excluding hydrogens is 244 g/mol. The van der Waals surface area contributed by atoms with Crippen molar-refractivity contribution in [2.75, 3.05) is 0 Å². The van der Waals surface area contributed by atoms with Gasteiger partial charge in [0.15, 0.2) is 0 Å². The van der Waals surface area contributed by atoms with Gasteiger partial charge in [0.2, 0.25) is 0 Å². The summed E-state index contributed by atoms with van der Waals surface area (Å²) in [6.07, 6.45) is 0. The number of fused-ring (bicyclic) bond motifs is 1. The van der Waals surface area contributed by atoms with Gasteiger partial charge in [-0.3, -0.25) is 0 Å². The highest BCUT2D eigenvalue weighted by atomic mass is 32.2. The SMILES string of the molecule is CC(C)(C)Sc1c(C(=O)O)ccc2ccccc12. The summed E-state index contributed by atoms with van der Waals surface area (Å²) in [6.45, 7) is 6.27. The smallest absolute Gasteiger partial charge is 0.336 e. The van der Waals surface area contributed by atoms with E-state index < -0.39 is 5.97 Å². The first-order valence-corrected chi connectivity index (χ1v) is 6.64. The molecule has 94 valence electrons. The first-order valence-electron chi connectivity index (χ1n) is 5.82. The number of rotatable bonds is 2. The molecule has 0 spiro atoms. The normalized spacial score (nSPS) is 11.7. The zero-order valence-corrected chi connectivity index (χ0v) is 11.5. The van der Waals surface area contributed by atoms with E-state index in [4.69, 9.17) is 0 Å². The summed E-state index contributed by atoms with van der Waals surface area (Å²) >= 11 is 1.60. The molecule has 0 radical (unpaired) electrons. The van der Waals surface area contributed by atoms with Crippen molar-refractivity contribution in [1.29, 1.82) is 0 Å². The Morgan fingerprint density at radius 1 is 1.11 bits per heavy atom. The zero-order chi connectivity index (χ0) is 13.3. The molecule has 2 nitrogen and oxygen atoms in total. The van der Waals surface area contributed by atoms with E-state index in [1.54, 1.807) is 17.8 Å². The number of carboxylic acid groups (broad SMARTS) is 1. The van der Waals surface area contributed by atoms with Crippen molar-refractivity contribution in [3.8, 4) is 0 Å². The van der Waals surface area contributed by atoms with E-state index in [9.17, 15) is 9.90 Å². The topological polar surface area (TPSA) is 37.3 Å². The predicted octanol–water partition coefficient (Wildman–Crippen LogP) is 4.43. The van der Waals surface area contributed by atoms with E-state index in [0.29, 0.717) is 5.56 Å². The minimum Gasteiger partial charge on any atom is -0.478 e. The second-order valence-corrected chi connectivity index (χ2v) is 7.02. The average Bonchev–Trinajstić information content (AvgIpc) is 2.27. The van der Waals surface area contributed by atoms with Crippen LogP contribution in [0.2, 0.25) is 0 Å². The summed E-state index contributed by atoms with van der Waals surface area (Å²) in [7, 11) is 0. The average molecular weight is 260 g/mol. The van der Waals surface area contributed by atoms with Crippen LogP contribution in [0.4, 0.5) is 0 Å². The van der Waals surface area contributed by atoms with Crippen molar-refractivity contribution in [3.05, 3.63) is 42.0 Å². The summed E-state index contributed by atoms with van der Waals surface area (Å²) in [6, 6.07) is 11.5. The summed E-state index contributed by atoms with van der Waals surface area (Å²) in [4.78, 5) is 12.2. The molecule has 3 heteroatoms. The molecule has 0 heterocycles. The van der Waals surface area contributed by atoms with Crippen LogP contribution in [0.25, 0.3) is 10.8 Å². The molecule has 0 unspecified atom stereocenters. The van der Waals surface area contributed by atoms with Gasteiger partial charge < -0.3 is 5.11 Å². The molecule has 18 heavy (non-hydrogen) atoms. The van der Waals surface area contributed by atoms with Gasteiger partial charge in [-0.15, -0.1) is 11.8 Å². The van der Waals surface area contributed by atoms with Crippen LogP contribution in [0.3, 0.4) is 0 Å². The van der Waals surface area contributed by atoms with E-state index in [-0.39, 0.29) is 4.75 Å². The Labute approximate surface area is 111 Å². The van der Waals surface area contributed by atoms with E-state index in [1.165, 1.54) is 0 Å². The third-order valence-corrected chi connectivity index (χ3v) is 3.77. The fourth-order valence-corrected chi connectivity index (χ4v) is 3.00. The van der Waals surface area contributed by atoms with Crippen LogP contribution in [-0.4, -0.2) is 15.8 Å². The Balaban J connectivity index is 2.70. The number of hydrogen-bond acceptors (Lipinski definition) is 2. The van der Waals surface area contributed by atoms with E-state index in [0.717, 1.165) is 15.7 Å². The molecule has 0 aliphatic carbocycles. The number of carboxylic acids is 1. The number of hydrogen-bond donors (Lipinski definition) is 1. The molecule has 0 aliphatic rings. The molecule has 0 saturated heterocycles. The quantitative estimate of drug-likeness (QED) is 0.812. The first-order chi connectivity index (χ1) is 8.38. The van der Waals surface area contributed by atoms with E-state index in [2.05, 4.69) is 20.8 Å². The fourth-order valence-electron chi connectivity index (χ4n) is 1.83. The minimum absolute atomic E-state index is 0.0195.